The van der Waals surface area contributed by atoms with Crippen molar-refractivity contribution in [1.82, 2.24) is 20.4 Å². The van der Waals surface area contributed by atoms with Crippen molar-refractivity contribution in [2.24, 2.45) is 4.99 Å². The molecule has 1 aliphatic heterocycles. The van der Waals surface area contributed by atoms with Crippen molar-refractivity contribution in [1.29, 1.82) is 0 Å². The van der Waals surface area contributed by atoms with E-state index in [2.05, 4.69) is 63.8 Å². The molecule has 1 heterocycles. The zero-order valence-electron chi connectivity index (χ0n) is 19.0. The first-order chi connectivity index (χ1) is 15.2. The highest BCUT2D eigenvalue weighted by Crippen LogP contribution is 2.08. The minimum atomic E-state index is -0.0696. The number of hydrogen-bond donors (Lipinski definition) is 2. The van der Waals surface area contributed by atoms with E-state index in [4.69, 9.17) is 4.99 Å². The summed E-state index contributed by atoms with van der Waals surface area (Å²) in [6.45, 7) is 8.45. The number of guanidine groups is 1. The molecule has 0 atom stereocenters. The number of aliphatic imine (C=N–C) groups is 1. The lowest BCUT2D eigenvalue weighted by atomic mass is 10.1. The molecule has 0 aromatic heterocycles. The van der Waals surface area contributed by atoms with E-state index in [9.17, 15) is 4.79 Å². The van der Waals surface area contributed by atoms with Crippen LogP contribution in [-0.2, 0) is 6.54 Å². The van der Waals surface area contributed by atoms with Gasteiger partial charge in [-0.15, -0.1) is 24.0 Å². The maximum absolute atomic E-state index is 11.7. The Kier molecular flexibility index (Phi) is 11.2. The van der Waals surface area contributed by atoms with Crippen molar-refractivity contribution in [3.63, 3.8) is 0 Å². The Morgan fingerprint density at radius 1 is 1.03 bits per heavy atom. The van der Waals surface area contributed by atoms with Crippen molar-refractivity contribution in [2.45, 2.75) is 13.5 Å². The predicted molar refractivity (Wildman–Crippen MR) is 144 cm³/mol. The second kappa shape index (κ2) is 13.9. The molecule has 1 saturated heterocycles. The molecule has 3 rings (SSSR count). The maximum Gasteiger partial charge on any atom is 0.251 e. The first kappa shape index (κ1) is 25.9. The van der Waals surface area contributed by atoms with Gasteiger partial charge in [-0.1, -0.05) is 54.6 Å². The van der Waals surface area contributed by atoms with Gasteiger partial charge in [-0.3, -0.25) is 9.69 Å². The molecule has 1 fully saturated rings. The molecule has 2 aromatic carbocycles. The normalized spacial score (nSPS) is 14.8. The number of halogens is 1. The van der Waals surface area contributed by atoms with E-state index in [1.807, 2.05) is 30.3 Å². The van der Waals surface area contributed by atoms with Crippen LogP contribution in [0.4, 0.5) is 0 Å². The van der Waals surface area contributed by atoms with Gasteiger partial charge in [0.1, 0.15) is 0 Å². The van der Waals surface area contributed by atoms with Crippen LogP contribution in [0, 0.1) is 0 Å². The minimum Gasteiger partial charge on any atom is -0.357 e. The third-order valence-corrected chi connectivity index (χ3v) is 5.33. The molecule has 172 valence electrons. The number of carbonyl (C=O) groups is 1. The van der Waals surface area contributed by atoms with Gasteiger partial charge in [0.25, 0.3) is 5.91 Å². The molecule has 0 spiro atoms. The number of nitrogens with zero attached hydrogens (tertiary/aromatic N) is 3. The van der Waals surface area contributed by atoms with Crippen molar-refractivity contribution in [2.75, 3.05) is 46.3 Å². The number of carbonyl (C=O) groups excluding carboxylic acids is 1. The van der Waals surface area contributed by atoms with Gasteiger partial charge in [-0.2, -0.15) is 0 Å². The SMILES string of the molecule is CCNC(=NCc1ccc(C(=O)NC)cc1)N1CCN(C/C=C/c2ccccc2)CC1.I. The number of amides is 1. The molecular formula is C25H34IN5O. The van der Waals surface area contributed by atoms with Gasteiger partial charge >= 0.3 is 0 Å². The molecule has 0 unspecified atom stereocenters. The molecule has 2 aromatic rings. The highest BCUT2D eigenvalue weighted by atomic mass is 127. The summed E-state index contributed by atoms with van der Waals surface area (Å²) in [7, 11) is 1.64. The Labute approximate surface area is 208 Å². The van der Waals surface area contributed by atoms with Crippen LogP contribution in [0.15, 0.2) is 65.7 Å². The summed E-state index contributed by atoms with van der Waals surface area (Å²) in [4.78, 5) is 21.3. The summed E-state index contributed by atoms with van der Waals surface area (Å²) >= 11 is 0. The van der Waals surface area contributed by atoms with Crippen LogP contribution in [0.25, 0.3) is 6.08 Å². The fourth-order valence-corrected chi connectivity index (χ4v) is 3.54. The van der Waals surface area contributed by atoms with E-state index in [-0.39, 0.29) is 29.9 Å². The van der Waals surface area contributed by atoms with Gasteiger partial charge < -0.3 is 15.5 Å². The molecule has 0 bridgehead atoms. The van der Waals surface area contributed by atoms with E-state index in [1.165, 1.54) is 5.56 Å². The van der Waals surface area contributed by atoms with Crippen LogP contribution in [0.3, 0.4) is 0 Å². The predicted octanol–water partition coefficient (Wildman–Crippen LogP) is 3.46. The van der Waals surface area contributed by atoms with Gasteiger partial charge in [0.05, 0.1) is 6.54 Å². The standard InChI is InChI=1S/C25H33N5O.HI/c1-3-27-25(28-20-22-11-13-23(14-12-22)24(31)26-2)30-18-16-29(17-19-30)15-7-10-21-8-5-4-6-9-21;/h4-14H,3,15-20H2,1-2H3,(H,26,31)(H,27,28);1H/b10-7+;. The van der Waals surface area contributed by atoms with E-state index >= 15 is 0 Å². The lowest BCUT2D eigenvalue weighted by Gasteiger charge is -2.36. The topological polar surface area (TPSA) is 60.0 Å². The zero-order valence-corrected chi connectivity index (χ0v) is 21.3. The summed E-state index contributed by atoms with van der Waals surface area (Å²) in [5, 5.41) is 6.06. The fraction of sp³-hybridized carbons (Fsp3) is 0.360. The number of rotatable bonds is 7. The summed E-state index contributed by atoms with van der Waals surface area (Å²) in [5.41, 5.74) is 3.00. The summed E-state index contributed by atoms with van der Waals surface area (Å²) in [6.07, 6.45) is 4.43. The first-order valence-corrected chi connectivity index (χ1v) is 11.0. The van der Waals surface area contributed by atoms with E-state index < -0.39 is 0 Å². The molecule has 0 aliphatic carbocycles. The van der Waals surface area contributed by atoms with Gasteiger partial charge in [-0.25, -0.2) is 4.99 Å². The number of nitrogens with one attached hydrogen (secondary N) is 2. The molecule has 32 heavy (non-hydrogen) atoms. The Balaban J connectivity index is 0.00000363. The lowest BCUT2D eigenvalue weighted by Crippen LogP contribution is -2.52. The van der Waals surface area contributed by atoms with Crippen LogP contribution in [0.2, 0.25) is 0 Å². The van der Waals surface area contributed by atoms with Crippen LogP contribution in [0.1, 0.15) is 28.4 Å². The Morgan fingerprint density at radius 3 is 2.34 bits per heavy atom. The molecule has 0 radical (unpaired) electrons. The monoisotopic (exact) mass is 547 g/mol. The highest BCUT2D eigenvalue weighted by molar-refractivity contribution is 14.0. The molecular weight excluding hydrogens is 513 g/mol. The summed E-state index contributed by atoms with van der Waals surface area (Å²) in [5.74, 6) is 0.886. The molecule has 0 saturated carbocycles. The van der Waals surface area contributed by atoms with Gasteiger partial charge in [0, 0.05) is 51.9 Å². The summed E-state index contributed by atoms with van der Waals surface area (Å²) in [6, 6.07) is 18.0. The smallest absolute Gasteiger partial charge is 0.251 e. The largest absolute Gasteiger partial charge is 0.357 e. The Morgan fingerprint density at radius 2 is 1.72 bits per heavy atom. The second-order valence-electron chi connectivity index (χ2n) is 7.55. The van der Waals surface area contributed by atoms with Gasteiger partial charge in [0.15, 0.2) is 5.96 Å². The van der Waals surface area contributed by atoms with Crippen molar-refractivity contribution in [3.05, 3.63) is 77.4 Å². The van der Waals surface area contributed by atoms with E-state index in [0.717, 1.165) is 50.8 Å². The number of hydrogen-bond acceptors (Lipinski definition) is 3. The lowest BCUT2D eigenvalue weighted by molar-refractivity contribution is 0.0963. The Bertz CT molecular complexity index is 875. The first-order valence-electron chi connectivity index (χ1n) is 11.0. The zero-order chi connectivity index (χ0) is 21.9. The second-order valence-corrected chi connectivity index (χ2v) is 7.55. The van der Waals surface area contributed by atoms with E-state index in [0.29, 0.717) is 12.1 Å². The van der Waals surface area contributed by atoms with Crippen molar-refractivity contribution in [3.8, 4) is 0 Å². The maximum atomic E-state index is 11.7. The molecule has 1 aliphatic rings. The number of benzene rings is 2. The average molecular weight is 547 g/mol. The van der Waals surface area contributed by atoms with E-state index in [1.54, 1.807) is 7.05 Å². The average Bonchev–Trinajstić information content (AvgIpc) is 2.83. The minimum absolute atomic E-state index is 0. The molecule has 2 N–H and O–H groups in total. The fourth-order valence-electron chi connectivity index (χ4n) is 3.54. The van der Waals surface area contributed by atoms with Crippen molar-refractivity contribution >= 4 is 41.9 Å². The highest BCUT2D eigenvalue weighted by Gasteiger charge is 2.18. The molecule has 1 amide bonds. The van der Waals surface area contributed by atoms with Gasteiger partial charge in [0.2, 0.25) is 0 Å². The Hall–Kier alpha value is -2.39. The number of piperazine rings is 1. The van der Waals surface area contributed by atoms with Crippen LogP contribution >= 0.6 is 24.0 Å². The molecule has 7 heteroatoms. The third kappa shape index (κ3) is 7.94. The summed E-state index contributed by atoms with van der Waals surface area (Å²) < 4.78 is 0. The quantitative estimate of drug-likeness (QED) is 0.317. The van der Waals surface area contributed by atoms with Crippen LogP contribution in [-0.4, -0.2) is 68.0 Å². The van der Waals surface area contributed by atoms with Crippen LogP contribution in [0.5, 0.6) is 0 Å². The third-order valence-electron chi connectivity index (χ3n) is 5.33. The molecule has 6 nitrogen and oxygen atoms in total. The van der Waals surface area contributed by atoms with Crippen molar-refractivity contribution < 1.29 is 4.79 Å². The van der Waals surface area contributed by atoms with Gasteiger partial charge in [-0.05, 0) is 30.2 Å². The van der Waals surface area contributed by atoms with Crippen LogP contribution < -0.4 is 10.6 Å².